The van der Waals surface area contributed by atoms with E-state index in [4.69, 9.17) is 0 Å². The number of fused-ring (bicyclic) bond motifs is 2. The van der Waals surface area contributed by atoms with Crippen molar-refractivity contribution in [2.45, 2.75) is 19.4 Å². The van der Waals surface area contributed by atoms with Crippen molar-refractivity contribution in [3.63, 3.8) is 0 Å². The molecule has 3 aromatic heterocycles. The van der Waals surface area contributed by atoms with Gasteiger partial charge in [0.15, 0.2) is 11.5 Å². The molecule has 0 radical (unpaired) electrons. The Balaban J connectivity index is 1.76. The third-order valence-electron chi connectivity index (χ3n) is 5.25. The summed E-state index contributed by atoms with van der Waals surface area (Å²) in [7, 11) is 0. The lowest BCUT2D eigenvalue weighted by molar-refractivity contribution is 0.579. The normalized spacial score (nSPS) is 12.4. The second-order valence-electron chi connectivity index (χ2n) is 7.29. The summed E-state index contributed by atoms with van der Waals surface area (Å²) in [6.07, 6.45) is 3.20. The van der Waals surface area contributed by atoms with Gasteiger partial charge in [0.1, 0.15) is 35.1 Å². The summed E-state index contributed by atoms with van der Waals surface area (Å²) in [4.78, 5) is 33.3. The van der Waals surface area contributed by atoms with Crippen molar-refractivity contribution in [2.24, 2.45) is 0 Å². The Hall–Kier alpha value is -4.28. The summed E-state index contributed by atoms with van der Waals surface area (Å²) in [6.45, 7) is 1.83. The molecule has 0 aliphatic rings. The number of rotatable bonds is 5. The van der Waals surface area contributed by atoms with Crippen LogP contribution in [-0.4, -0.2) is 29.5 Å². The first-order chi connectivity index (χ1) is 16.0. The standard InChI is InChI=1S/C22H16F3N7O/c1-2-15(30-20-18-19(27-9-26-18)28-10-29-20)21-31-16-6-4-11(23)7-13(16)22(33)32(21)17-8-12(24)3-5-14(17)25/h3-10,15H,2H2,1H3,(H2,26,27,28,29,30)/t15-/m1/s1. The predicted octanol–water partition coefficient (Wildman–Crippen LogP) is 4.03. The minimum absolute atomic E-state index is 0.0611. The lowest BCUT2D eigenvalue weighted by Crippen LogP contribution is -2.29. The minimum atomic E-state index is -0.830. The number of aromatic amines is 1. The lowest BCUT2D eigenvalue weighted by Gasteiger charge is -2.22. The Labute approximate surface area is 184 Å². The number of imidazole rings is 1. The largest absolute Gasteiger partial charge is 0.358 e. The molecule has 8 nitrogen and oxygen atoms in total. The first kappa shape index (κ1) is 20.6. The fourth-order valence-corrected chi connectivity index (χ4v) is 3.68. The zero-order valence-electron chi connectivity index (χ0n) is 17.2. The van der Waals surface area contributed by atoms with Gasteiger partial charge in [0.25, 0.3) is 5.56 Å². The van der Waals surface area contributed by atoms with E-state index >= 15 is 0 Å². The lowest BCUT2D eigenvalue weighted by atomic mass is 10.1. The molecule has 11 heteroatoms. The first-order valence-electron chi connectivity index (χ1n) is 10.0. The van der Waals surface area contributed by atoms with Crippen LogP contribution >= 0.6 is 0 Å². The maximum atomic E-state index is 14.8. The third-order valence-corrected chi connectivity index (χ3v) is 5.25. The van der Waals surface area contributed by atoms with Crippen LogP contribution in [0.2, 0.25) is 0 Å². The van der Waals surface area contributed by atoms with Gasteiger partial charge in [-0.25, -0.2) is 33.1 Å². The molecule has 0 bridgehead atoms. The van der Waals surface area contributed by atoms with Gasteiger partial charge >= 0.3 is 0 Å². The van der Waals surface area contributed by atoms with Gasteiger partial charge < -0.3 is 10.3 Å². The zero-order chi connectivity index (χ0) is 23.1. The fourth-order valence-electron chi connectivity index (χ4n) is 3.68. The number of nitrogens with one attached hydrogen (secondary N) is 2. The summed E-state index contributed by atoms with van der Waals surface area (Å²) in [5.41, 5.74) is 0.119. The van der Waals surface area contributed by atoms with E-state index < -0.39 is 29.1 Å². The number of benzene rings is 2. The van der Waals surface area contributed by atoms with E-state index in [9.17, 15) is 18.0 Å². The fraction of sp³-hybridized carbons (Fsp3) is 0.136. The quantitative estimate of drug-likeness (QED) is 0.418. The summed E-state index contributed by atoms with van der Waals surface area (Å²) < 4.78 is 43.6. The third kappa shape index (κ3) is 3.56. The van der Waals surface area contributed by atoms with Gasteiger partial charge in [-0.05, 0) is 36.8 Å². The second-order valence-corrected chi connectivity index (χ2v) is 7.29. The van der Waals surface area contributed by atoms with Crippen LogP contribution in [-0.2, 0) is 0 Å². The van der Waals surface area contributed by atoms with Gasteiger partial charge in [0.05, 0.1) is 29.0 Å². The maximum absolute atomic E-state index is 14.8. The number of hydrogen-bond acceptors (Lipinski definition) is 6. The average Bonchev–Trinajstić information content (AvgIpc) is 3.29. The number of halogens is 3. The van der Waals surface area contributed by atoms with Crippen LogP contribution in [0.25, 0.3) is 27.8 Å². The molecule has 3 heterocycles. The van der Waals surface area contributed by atoms with E-state index in [1.807, 2.05) is 6.92 Å². The van der Waals surface area contributed by atoms with Crippen molar-refractivity contribution in [1.29, 1.82) is 0 Å². The van der Waals surface area contributed by atoms with Gasteiger partial charge in [-0.2, -0.15) is 0 Å². The van der Waals surface area contributed by atoms with E-state index in [-0.39, 0.29) is 22.4 Å². The molecule has 33 heavy (non-hydrogen) atoms. The molecule has 0 unspecified atom stereocenters. The van der Waals surface area contributed by atoms with Gasteiger partial charge in [0, 0.05) is 6.07 Å². The molecule has 166 valence electrons. The smallest absolute Gasteiger partial charge is 0.266 e. The predicted molar refractivity (Wildman–Crippen MR) is 116 cm³/mol. The molecular weight excluding hydrogens is 435 g/mol. The van der Waals surface area contributed by atoms with E-state index in [1.54, 1.807) is 0 Å². The number of anilines is 1. The molecular formula is C22H16F3N7O. The highest BCUT2D eigenvalue weighted by Crippen LogP contribution is 2.27. The Kier molecular flexibility index (Phi) is 5.00. The van der Waals surface area contributed by atoms with Gasteiger partial charge in [-0.15, -0.1) is 0 Å². The Morgan fingerprint density at radius 1 is 1.06 bits per heavy atom. The van der Waals surface area contributed by atoms with E-state index in [0.717, 1.165) is 28.8 Å². The number of hydrogen-bond donors (Lipinski definition) is 2. The summed E-state index contributed by atoms with van der Waals surface area (Å²) in [5.74, 6) is -1.74. The average molecular weight is 451 g/mol. The molecule has 0 spiro atoms. The highest BCUT2D eigenvalue weighted by Gasteiger charge is 2.23. The SMILES string of the molecule is CC[C@@H](Nc1ncnc2[nH]cnc12)c1nc2ccc(F)cc2c(=O)n1-c1cc(F)ccc1F. The van der Waals surface area contributed by atoms with Crippen LogP contribution < -0.4 is 10.9 Å². The molecule has 0 saturated carbocycles. The molecule has 2 N–H and O–H groups in total. The van der Waals surface area contributed by atoms with Crippen LogP contribution in [0.1, 0.15) is 25.2 Å². The number of H-pyrrole nitrogens is 1. The van der Waals surface area contributed by atoms with E-state index in [1.165, 1.54) is 24.8 Å². The summed E-state index contributed by atoms with van der Waals surface area (Å²) in [5, 5.41) is 3.11. The zero-order valence-corrected chi connectivity index (χ0v) is 17.2. The molecule has 1 atom stereocenters. The van der Waals surface area contributed by atoms with Crippen molar-refractivity contribution in [3.8, 4) is 5.69 Å². The summed E-state index contributed by atoms with van der Waals surface area (Å²) >= 11 is 0. The topological polar surface area (TPSA) is 101 Å². The summed E-state index contributed by atoms with van der Waals surface area (Å²) in [6, 6.07) is 5.67. The van der Waals surface area contributed by atoms with Crippen molar-refractivity contribution in [2.75, 3.05) is 5.32 Å². The van der Waals surface area contributed by atoms with Gasteiger partial charge in [0.2, 0.25) is 0 Å². The van der Waals surface area contributed by atoms with Crippen LogP contribution in [0.3, 0.4) is 0 Å². The van der Waals surface area contributed by atoms with Crippen molar-refractivity contribution >= 4 is 27.9 Å². The molecule has 0 saturated heterocycles. The molecule has 2 aromatic carbocycles. The molecule has 0 fully saturated rings. The Morgan fingerprint density at radius 3 is 2.67 bits per heavy atom. The van der Waals surface area contributed by atoms with E-state index in [0.29, 0.717) is 23.4 Å². The monoisotopic (exact) mass is 451 g/mol. The molecule has 0 aliphatic carbocycles. The molecule has 5 aromatic rings. The van der Waals surface area contributed by atoms with Crippen LogP contribution in [0, 0.1) is 17.5 Å². The Bertz CT molecular complexity index is 1560. The van der Waals surface area contributed by atoms with E-state index in [2.05, 4.69) is 30.2 Å². The van der Waals surface area contributed by atoms with Crippen LogP contribution in [0.4, 0.5) is 19.0 Å². The van der Waals surface area contributed by atoms with Crippen LogP contribution in [0.15, 0.2) is 53.8 Å². The van der Waals surface area contributed by atoms with Crippen molar-refractivity contribution < 1.29 is 13.2 Å². The maximum Gasteiger partial charge on any atom is 0.266 e. The minimum Gasteiger partial charge on any atom is -0.358 e. The highest BCUT2D eigenvalue weighted by molar-refractivity contribution is 5.82. The second kappa shape index (κ2) is 8.01. The Morgan fingerprint density at radius 2 is 1.85 bits per heavy atom. The van der Waals surface area contributed by atoms with Gasteiger partial charge in [-0.3, -0.25) is 9.36 Å². The first-order valence-corrected chi connectivity index (χ1v) is 10.0. The molecule has 0 amide bonds. The molecule has 5 rings (SSSR count). The van der Waals surface area contributed by atoms with Crippen molar-refractivity contribution in [1.82, 2.24) is 29.5 Å². The highest BCUT2D eigenvalue weighted by atomic mass is 19.1. The molecule has 0 aliphatic heterocycles. The number of nitrogens with zero attached hydrogens (tertiary/aromatic N) is 5. The van der Waals surface area contributed by atoms with Crippen LogP contribution in [0.5, 0.6) is 0 Å². The van der Waals surface area contributed by atoms with Crippen molar-refractivity contribution in [3.05, 3.63) is 82.7 Å². The number of aromatic nitrogens is 6. The van der Waals surface area contributed by atoms with Gasteiger partial charge in [-0.1, -0.05) is 6.92 Å².